The predicted octanol–water partition coefficient (Wildman–Crippen LogP) is 2.66. The highest BCUT2D eigenvalue weighted by Crippen LogP contribution is 2.18. The van der Waals surface area contributed by atoms with Crippen LogP contribution in [0.3, 0.4) is 0 Å². The first-order valence-corrected chi connectivity index (χ1v) is 8.90. The van der Waals surface area contributed by atoms with E-state index in [0.717, 1.165) is 5.56 Å². The predicted molar refractivity (Wildman–Crippen MR) is 88.0 cm³/mol. The van der Waals surface area contributed by atoms with Gasteiger partial charge in [0.05, 0.1) is 4.90 Å². The molecule has 1 N–H and O–H groups in total. The Bertz CT molecular complexity index is 617. The number of ether oxygens (including phenoxy) is 2. The smallest absolute Gasteiger partial charge is 0.408 e. The molecule has 1 aromatic carbocycles. The summed E-state index contributed by atoms with van der Waals surface area (Å²) in [6, 6.07) is 6.49. The lowest BCUT2D eigenvalue weighted by atomic mass is 10.2. The van der Waals surface area contributed by atoms with Crippen molar-refractivity contribution in [2.75, 3.05) is 13.7 Å². The minimum Gasteiger partial charge on any atom is -0.444 e. The van der Waals surface area contributed by atoms with Gasteiger partial charge < -0.3 is 14.8 Å². The SMILES string of the molecule is COCCC(NC(=O)OC(C)(C)C)S(=O)(=O)c1ccc(C)cc1. The molecule has 0 aliphatic heterocycles. The molecular formula is C16H25NO5S. The maximum Gasteiger partial charge on any atom is 0.408 e. The van der Waals surface area contributed by atoms with E-state index in [2.05, 4.69) is 5.32 Å². The molecule has 1 aromatic rings. The Balaban J connectivity index is 3.00. The van der Waals surface area contributed by atoms with Gasteiger partial charge >= 0.3 is 6.09 Å². The first kappa shape index (κ1) is 19.4. The third kappa shape index (κ3) is 6.19. The molecule has 7 heteroatoms. The number of aryl methyl sites for hydroxylation is 1. The summed E-state index contributed by atoms with van der Waals surface area (Å²) in [6.45, 7) is 7.21. The Morgan fingerprint density at radius 3 is 2.26 bits per heavy atom. The van der Waals surface area contributed by atoms with Gasteiger partial charge in [0.2, 0.25) is 0 Å². The molecule has 0 aliphatic rings. The zero-order chi connectivity index (χ0) is 17.7. The number of methoxy groups -OCH3 is 1. The summed E-state index contributed by atoms with van der Waals surface area (Å²) in [4.78, 5) is 12.1. The number of sulfone groups is 1. The number of alkyl carbamates (subject to hydrolysis) is 1. The average Bonchev–Trinajstić information content (AvgIpc) is 2.41. The van der Waals surface area contributed by atoms with E-state index in [-0.39, 0.29) is 17.9 Å². The van der Waals surface area contributed by atoms with Crippen LogP contribution in [0.15, 0.2) is 29.2 Å². The standard InChI is InChI=1S/C16H25NO5S/c1-12-6-8-13(9-7-12)23(19,20)14(10-11-21-5)17-15(18)22-16(2,3)4/h6-9,14H,10-11H2,1-5H3,(H,17,18). The molecule has 130 valence electrons. The van der Waals surface area contributed by atoms with Gasteiger partial charge in [0.25, 0.3) is 0 Å². The van der Waals surface area contributed by atoms with Crippen molar-refractivity contribution < 1.29 is 22.7 Å². The van der Waals surface area contributed by atoms with Crippen LogP contribution in [0, 0.1) is 6.92 Å². The summed E-state index contributed by atoms with van der Waals surface area (Å²) in [5, 5.41) is 1.32. The molecule has 23 heavy (non-hydrogen) atoms. The summed E-state index contributed by atoms with van der Waals surface area (Å²) in [6.07, 6.45) is -0.638. The van der Waals surface area contributed by atoms with Gasteiger partial charge in [-0.2, -0.15) is 0 Å². The summed E-state index contributed by atoms with van der Waals surface area (Å²) in [5.41, 5.74) is 0.251. The summed E-state index contributed by atoms with van der Waals surface area (Å²) in [7, 11) is -2.26. The largest absolute Gasteiger partial charge is 0.444 e. The maximum absolute atomic E-state index is 12.7. The molecule has 0 spiro atoms. The minimum atomic E-state index is -3.73. The van der Waals surface area contributed by atoms with Crippen molar-refractivity contribution in [3.8, 4) is 0 Å². The zero-order valence-electron chi connectivity index (χ0n) is 14.3. The van der Waals surface area contributed by atoms with Gasteiger partial charge in [0.1, 0.15) is 11.0 Å². The Morgan fingerprint density at radius 2 is 1.78 bits per heavy atom. The summed E-state index contributed by atoms with van der Waals surface area (Å²) < 4.78 is 35.5. The lowest BCUT2D eigenvalue weighted by Gasteiger charge is -2.23. The molecule has 1 amide bonds. The fraction of sp³-hybridized carbons (Fsp3) is 0.562. The van der Waals surface area contributed by atoms with Crippen LogP contribution in [-0.2, 0) is 19.3 Å². The molecule has 6 nitrogen and oxygen atoms in total. The second-order valence-corrected chi connectivity index (χ2v) is 8.40. The molecule has 0 heterocycles. The third-order valence-corrected chi connectivity index (χ3v) is 5.02. The van der Waals surface area contributed by atoms with E-state index >= 15 is 0 Å². The van der Waals surface area contributed by atoms with E-state index in [1.807, 2.05) is 6.92 Å². The van der Waals surface area contributed by atoms with Gasteiger partial charge in [-0.05, 0) is 39.8 Å². The van der Waals surface area contributed by atoms with E-state index in [9.17, 15) is 13.2 Å². The van der Waals surface area contributed by atoms with Gasteiger partial charge in [-0.3, -0.25) is 0 Å². The van der Waals surface area contributed by atoms with Gasteiger partial charge in [-0.15, -0.1) is 0 Å². The highest BCUT2D eigenvalue weighted by molar-refractivity contribution is 7.92. The van der Waals surface area contributed by atoms with E-state index in [1.54, 1.807) is 32.9 Å². The number of carbonyl (C=O) groups is 1. The number of hydrogen-bond acceptors (Lipinski definition) is 5. The van der Waals surface area contributed by atoms with Crippen molar-refractivity contribution in [2.24, 2.45) is 0 Å². The van der Waals surface area contributed by atoms with Gasteiger partial charge in [0.15, 0.2) is 9.84 Å². The normalized spacial score (nSPS) is 13.4. The number of benzene rings is 1. The lowest BCUT2D eigenvalue weighted by molar-refractivity contribution is 0.0513. The van der Waals surface area contributed by atoms with Crippen molar-refractivity contribution in [3.63, 3.8) is 0 Å². The van der Waals surface area contributed by atoms with Crippen molar-refractivity contribution in [1.82, 2.24) is 5.32 Å². The fourth-order valence-electron chi connectivity index (χ4n) is 1.86. The van der Waals surface area contributed by atoms with Gasteiger partial charge in [0, 0.05) is 20.1 Å². The fourth-order valence-corrected chi connectivity index (χ4v) is 3.36. The van der Waals surface area contributed by atoms with Gasteiger partial charge in [-0.1, -0.05) is 17.7 Å². The maximum atomic E-state index is 12.7. The van der Waals surface area contributed by atoms with E-state index in [0.29, 0.717) is 0 Å². The monoisotopic (exact) mass is 343 g/mol. The Kier molecular flexibility index (Phi) is 6.58. The number of amides is 1. The van der Waals surface area contributed by atoms with E-state index in [1.165, 1.54) is 19.2 Å². The molecule has 0 fully saturated rings. The second-order valence-electron chi connectivity index (χ2n) is 6.27. The molecule has 0 aliphatic carbocycles. The molecule has 0 saturated carbocycles. The summed E-state index contributed by atoms with van der Waals surface area (Å²) in [5.74, 6) is 0. The number of nitrogens with one attached hydrogen (secondary N) is 1. The van der Waals surface area contributed by atoms with E-state index in [4.69, 9.17) is 9.47 Å². The second kappa shape index (κ2) is 7.79. The van der Waals surface area contributed by atoms with Crippen LogP contribution in [0.5, 0.6) is 0 Å². The molecule has 0 bridgehead atoms. The lowest BCUT2D eigenvalue weighted by Crippen LogP contribution is -2.44. The first-order valence-electron chi connectivity index (χ1n) is 7.35. The minimum absolute atomic E-state index is 0.131. The Labute approximate surface area is 138 Å². The topological polar surface area (TPSA) is 81.7 Å². The number of carbonyl (C=O) groups excluding carboxylic acids is 1. The van der Waals surface area contributed by atoms with Crippen LogP contribution < -0.4 is 5.32 Å². The van der Waals surface area contributed by atoms with Crippen LogP contribution in [-0.4, -0.2) is 39.2 Å². The molecule has 0 radical (unpaired) electrons. The van der Waals surface area contributed by atoms with Crippen LogP contribution in [0.25, 0.3) is 0 Å². The molecule has 0 aromatic heterocycles. The van der Waals surface area contributed by atoms with E-state index < -0.39 is 26.9 Å². The van der Waals surface area contributed by atoms with Crippen LogP contribution in [0.1, 0.15) is 32.8 Å². The van der Waals surface area contributed by atoms with Gasteiger partial charge in [-0.25, -0.2) is 13.2 Å². The number of hydrogen-bond donors (Lipinski definition) is 1. The Morgan fingerprint density at radius 1 is 1.22 bits per heavy atom. The highest BCUT2D eigenvalue weighted by Gasteiger charge is 2.30. The first-order chi connectivity index (χ1) is 10.6. The van der Waals surface area contributed by atoms with Crippen molar-refractivity contribution in [3.05, 3.63) is 29.8 Å². The number of rotatable bonds is 6. The van der Waals surface area contributed by atoms with Crippen molar-refractivity contribution in [2.45, 2.75) is 50.0 Å². The molecular weight excluding hydrogens is 318 g/mol. The van der Waals surface area contributed by atoms with Crippen LogP contribution in [0.4, 0.5) is 4.79 Å². The van der Waals surface area contributed by atoms with Crippen molar-refractivity contribution in [1.29, 1.82) is 0 Å². The zero-order valence-corrected chi connectivity index (χ0v) is 15.1. The Hall–Kier alpha value is -1.60. The average molecular weight is 343 g/mol. The molecule has 1 unspecified atom stereocenters. The highest BCUT2D eigenvalue weighted by atomic mass is 32.2. The molecule has 1 atom stereocenters. The van der Waals surface area contributed by atoms with Crippen LogP contribution >= 0.6 is 0 Å². The molecule has 1 rings (SSSR count). The quantitative estimate of drug-likeness (QED) is 0.859. The van der Waals surface area contributed by atoms with Crippen LogP contribution in [0.2, 0.25) is 0 Å². The van der Waals surface area contributed by atoms with Crippen molar-refractivity contribution >= 4 is 15.9 Å². The summed E-state index contributed by atoms with van der Waals surface area (Å²) >= 11 is 0. The third-order valence-electron chi connectivity index (χ3n) is 2.99. The molecule has 0 saturated heterocycles.